The van der Waals surface area contributed by atoms with Gasteiger partial charge < -0.3 is 5.32 Å². The molecule has 0 aliphatic heterocycles. The lowest BCUT2D eigenvalue weighted by Gasteiger charge is -2.24. The Hall–Kier alpha value is -0.0900. The van der Waals surface area contributed by atoms with Crippen molar-refractivity contribution in [2.75, 3.05) is 6.54 Å². The number of rotatable bonds is 4. The van der Waals surface area contributed by atoms with Crippen LogP contribution in [0.15, 0.2) is 18.2 Å². The third-order valence-electron chi connectivity index (χ3n) is 2.65. The van der Waals surface area contributed by atoms with Crippen LogP contribution in [0.1, 0.15) is 37.9 Å². The number of benzene rings is 1. The van der Waals surface area contributed by atoms with Crippen molar-refractivity contribution < 1.29 is 0 Å². The van der Waals surface area contributed by atoms with Gasteiger partial charge in [0.15, 0.2) is 0 Å². The van der Waals surface area contributed by atoms with E-state index in [4.69, 9.17) is 0 Å². The highest BCUT2D eigenvalue weighted by Gasteiger charge is 2.17. The van der Waals surface area contributed by atoms with Crippen LogP contribution in [0.25, 0.3) is 0 Å². The topological polar surface area (TPSA) is 12.0 Å². The fourth-order valence-corrected chi connectivity index (χ4v) is 2.53. The van der Waals surface area contributed by atoms with Crippen molar-refractivity contribution in [1.82, 2.24) is 5.32 Å². The number of hydrogen-bond donors (Lipinski definition) is 1. The van der Waals surface area contributed by atoms with Crippen molar-refractivity contribution in [3.63, 3.8) is 0 Å². The first kappa shape index (κ1) is 13.0. The lowest BCUT2D eigenvalue weighted by molar-refractivity contribution is 0.420. The fraction of sp³-hybridized carbons (Fsp3) is 0.538. The van der Waals surface area contributed by atoms with Gasteiger partial charge in [0.25, 0.3) is 0 Å². The molecule has 15 heavy (non-hydrogen) atoms. The second-order valence-corrected chi connectivity index (χ2v) is 5.34. The molecule has 1 aromatic rings. The van der Waals surface area contributed by atoms with E-state index in [0.717, 1.165) is 6.54 Å². The maximum atomic E-state index is 3.56. The highest BCUT2D eigenvalue weighted by molar-refractivity contribution is 14.1. The van der Waals surface area contributed by atoms with Crippen LogP contribution in [0.3, 0.4) is 0 Å². The van der Waals surface area contributed by atoms with Gasteiger partial charge in [-0.05, 0) is 53.1 Å². The summed E-state index contributed by atoms with van der Waals surface area (Å²) in [5.41, 5.74) is 2.81. The summed E-state index contributed by atoms with van der Waals surface area (Å²) in [5.74, 6) is 0.625. The van der Waals surface area contributed by atoms with Crippen LogP contribution in [0, 0.1) is 16.4 Å². The molecule has 1 N–H and O–H groups in total. The van der Waals surface area contributed by atoms with Crippen molar-refractivity contribution in [2.45, 2.75) is 33.7 Å². The van der Waals surface area contributed by atoms with Gasteiger partial charge in [0.1, 0.15) is 0 Å². The van der Waals surface area contributed by atoms with Crippen LogP contribution >= 0.6 is 22.6 Å². The quantitative estimate of drug-likeness (QED) is 0.831. The number of aryl methyl sites for hydroxylation is 1. The zero-order chi connectivity index (χ0) is 11.4. The molecule has 0 fully saturated rings. The van der Waals surface area contributed by atoms with Gasteiger partial charge in [-0.15, -0.1) is 0 Å². The molecule has 0 saturated heterocycles. The Bertz CT molecular complexity index is 320. The summed E-state index contributed by atoms with van der Waals surface area (Å²) in [6.07, 6.45) is 0. The predicted octanol–water partition coefficient (Wildman–Crippen LogP) is 3.91. The largest absolute Gasteiger partial charge is 0.310 e. The predicted molar refractivity (Wildman–Crippen MR) is 75.2 cm³/mol. The van der Waals surface area contributed by atoms with Gasteiger partial charge in [0.2, 0.25) is 0 Å². The van der Waals surface area contributed by atoms with Crippen LogP contribution < -0.4 is 5.32 Å². The molecule has 0 saturated carbocycles. The van der Waals surface area contributed by atoms with Gasteiger partial charge in [-0.1, -0.05) is 39.0 Å². The minimum absolute atomic E-state index is 0.474. The zero-order valence-electron chi connectivity index (χ0n) is 9.97. The van der Waals surface area contributed by atoms with E-state index in [-0.39, 0.29) is 0 Å². The summed E-state index contributed by atoms with van der Waals surface area (Å²) < 4.78 is 1.40. The van der Waals surface area contributed by atoms with Crippen LogP contribution in [-0.2, 0) is 0 Å². The van der Waals surface area contributed by atoms with Crippen molar-refractivity contribution in [3.8, 4) is 0 Å². The summed E-state index contributed by atoms with van der Waals surface area (Å²) in [6.45, 7) is 9.90. The molecule has 0 radical (unpaired) electrons. The summed E-state index contributed by atoms with van der Waals surface area (Å²) in [5, 5.41) is 3.56. The molecule has 0 spiro atoms. The molecule has 1 nitrogen and oxygen atoms in total. The first-order chi connectivity index (χ1) is 7.07. The van der Waals surface area contributed by atoms with E-state index >= 15 is 0 Å². The van der Waals surface area contributed by atoms with E-state index in [9.17, 15) is 0 Å². The van der Waals surface area contributed by atoms with Gasteiger partial charge in [-0.3, -0.25) is 0 Å². The summed E-state index contributed by atoms with van der Waals surface area (Å²) in [7, 11) is 0. The van der Waals surface area contributed by atoms with Crippen molar-refractivity contribution in [2.24, 2.45) is 5.92 Å². The Morgan fingerprint density at radius 1 is 1.33 bits per heavy atom. The number of halogens is 1. The van der Waals surface area contributed by atoms with E-state index < -0.39 is 0 Å². The van der Waals surface area contributed by atoms with Gasteiger partial charge in [-0.25, -0.2) is 0 Å². The van der Waals surface area contributed by atoms with Gasteiger partial charge in [0.05, 0.1) is 0 Å². The summed E-state index contributed by atoms with van der Waals surface area (Å²) >= 11 is 2.45. The lowest BCUT2D eigenvalue weighted by atomic mass is 9.95. The second-order valence-electron chi connectivity index (χ2n) is 4.26. The minimum Gasteiger partial charge on any atom is -0.310 e. The summed E-state index contributed by atoms with van der Waals surface area (Å²) in [6, 6.07) is 7.04. The van der Waals surface area contributed by atoms with Crippen LogP contribution in [0.4, 0.5) is 0 Å². The molecular weight excluding hydrogens is 297 g/mol. The molecule has 84 valence electrons. The van der Waals surface area contributed by atoms with E-state index in [1.54, 1.807) is 0 Å². The Morgan fingerprint density at radius 2 is 2.00 bits per heavy atom. The minimum atomic E-state index is 0.474. The Kier molecular flexibility index (Phi) is 5.06. The van der Waals surface area contributed by atoms with Gasteiger partial charge >= 0.3 is 0 Å². The molecular formula is C13H20IN. The Labute approximate surface area is 107 Å². The highest BCUT2D eigenvalue weighted by atomic mass is 127. The van der Waals surface area contributed by atoms with E-state index in [2.05, 4.69) is 73.8 Å². The maximum absolute atomic E-state index is 3.56. The Balaban J connectivity index is 3.05. The molecule has 1 rings (SSSR count). The third kappa shape index (κ3) is 3.18. The zero-order valence-corrected chi connectivity index (χ0v) is 12.1. The fourth-order valence-electron chi connectivity index (χ4n) is 1.83. The molecule has 0 aromatic heterocycles. The summed E-state index contributed by atoms with van der Waals surface area (Å²) in [4.78, 5) is 0. The highest BCUT2D eigenvalue weighted by Crippen LogP contribution is 2.27. The SMILES string of the molecule is CCNC(c1cccc(C)c1I)C(C)C. The van der Waals surface area contributed by atoms with Gasteiger partial charge in [0, 0.05) is 9.61 Å². The Morgan fingerprint density at radius 3 is 2.53 bits per heavy atom. The molecule has 1 aromatic carbocycles. The smallest absolute Gasteiger partial charge is 0.0353 e. The van der Waals surface area contributed by atoms with Gasteiger partial charge in [-0.2, -0.15) is 0 Å². The van der Waals surface area contributed by atoms with E-state index in [1.165, 1.54) is 14.7 Å². The number of hydrogen-bond acceptors (Lipinski definition) is 1. The first-order valence-corrected chi connectivity index (χ1v) is 6.64. The van der Waals surface area contributed by atoms with Crippen LogP contribution in [0.2, 0.25) is 0 Å². The monoisotopic (exact) mass is 317 g/mol. The second kappa shape index (κ2) is 5.85. The normalized spacial score (nSPS) is 13.2. The average Bonchev–Trinajstić information content (AvgIpc) is 2.19. The van der Waals surface area contributed by atoms with E-state index in [0.29, 0.717) is 12.0 Å². The van der Waals surface area contributed by atoms with Crippen molar-refractivity contribution in [1.29, 1.82) is 0 Å². The molecule has 0 heterocycles. The maximum Gasteiger partial charge on any atom is 0.0353 e. The van der Waals surface area contributed by atoms with Crippen molar-refractivity contribution in [3.05, 3.63) is 32.9 Å². The molecule has 0 aliphatic carbocycles. The average molecular weight is 317 g/mol. The molecule has 2 heteroatoms. The molecule has 0 bridgehead atoms. The standard InChI is InChI=1S/C13H20IN/c1-5-15-13(9(2)3)11-8-6-7-10(4)12(11)14/h6-9,13,15H,5H2,1-4H3. The number of nitrogens with one attached hydrogen (secondary N) is 1. The van der Waals surface area contributed by atoms with Crippen LogP contribution in [-0.4, -0.2) is 6.54 Å². The molecule has 0 amide bonds. The molecule has 0 aliphatic rings. The first-order valence-electron chi connectivity index (χ1n) is 5.56. The molecule has 1 unspecified atom stereocenters. The lowest BCUT2D eigenvalue weighted by Crippen LogP contribution is -2.26. The van der Waals surface area contributed by atoms with E-state index in [1.807, 2.05) is 0 Å². The third-order valence-corrected chi connectivity index (χ3v) is 4.12. The van der Waals surface area contributed by atoms with Crippen molar-refractivity contribution >= 4 is 22.6 Å². The molecule has 1 atom stereocenters. The van der Waals surface area contributed by atoms with Crippen LogP contribution in [0.5, 0.6) is 0 Å².